The number of amides is 1. The van der Waals surface area contributed by atoms with Gasteiger partial charge in [-0.05, 0) is 75.7 Å². The summed E-state index contributed by atoms with van der Waals surface area (Å²) >= 11 is 0. The molecule has 2 saturated heterocycles. The lowest BCUT2D eigenvalue weighted by Gasteiger charge is -2.42. The number of nitriles is 1. The smallest absolute Gasteiger partial charge is 0.318 e. The highest BCUT2D eigenvalue weighted by Crippen LogP contribution is 2.48. The molecule has 2 aliphatic heterocycles. The third kappa shape index (κ3) is 4.78. The number of aryl methyl sites for hydroxylation is 1. The summed E-state index contributed by atoms with van der Waals surface area (Å²) in [4.78, 5) is 28.9. The van der Waals surface area contributed by atoms with Crippen molar-refractivity contribution in [3.05, 3.63) is 59.3 Å². The fraction of sp³-hybridized carbons (Fsp3) is 0.548. The van der Waals surface area contributed by atoms with Gasteiger partial charge in [-0.15, -0.1) is 0 Å². The number of carbonyl (C=O) groups is 1. The minimum Gasteiger partial charge on any atom is -0.462 e. The van der Waals surface area contributed by atoms with Gasteiger partial charge in [0, 0.05) is 36.7 Å². The molecule has 1 spiro atoms. The highest BCUT2D eigenvalue weighted by atomic mass is 16.5. The SMILES string of the molecule is C=CC(=O)N1CCN(c2nc(OCC3CCCN3C)nc3c2CC[C@@]2(CCc4ccccc42)C3)C[C@@H]1CC#N. The molecular weight excluding hydrogens is 488 g/mol. The number of hydrogen-bond donors (Lipinski definition) is 0. The number of aromatic nitrogens is 2. The quantitative estimate of drug-likeness (QED) is 0.533. The average molecular weight is 527 g/mol. The number of piperazine rings is 1. The second kappa shape index (κ2) is 10.6. The zero-order valence-electron chi connectivity index (χ0n) is 22.9. The van der Waals surface area contributed by atoms with Crippen LogP contribution < -0.4 is 9.64 Å². The van der Waals surface area contributed by atoms with Crippen molar-refractivity contribution in [3.63, 3.8) is 0 Å². The molecule has 1 aromatic carbocycles. The van der Waals surface area contributed by atoms with Gasteiger partial charge >= 0.3 is 6.01 Å². The Kier molecular flexibility index (Phi) is 7.03. The van der Waals surface area contributed by atoms with Gasteiger partial charge in [0.15, 0.2) is 0 Å². The first-order valence-electron chi connectivity index (χ1n) is 14.4. The van der Waals surface area contributed by atoms with Gasteiger partial charge in [0.25, 0.3) is 0 Å². The van der Waals surface area contributed by atoms with Gasteiger partial charge in [0.1, 0.15) is 12.4 Å². The van der Waals surface area contributed by atoms with E-state index in [4.69, 9.17) is 14.7 Å². The van der Waals surface area contributed by atoms with Crippen LogP contribution in [0.5, 0.6) is 6.01 Å². The summed E-state index contributed by atoms with van der Waals surface area (Å²) in [5.41, 5.74) is 5.37. The number of likely N-dealkylation sites (tertiary alicyclic amines) is 1. The van der Waals surface area contributed by atoms with E-state index in [0.29, 0.717) is 38.3 Å². The van der Waals surface area contributed by atoms with E-state index < -0.39 is 0 Å². The zero-order valence-corrected chi connectivity index (χ0v) is 22.9. The standard InChI is InChI=1S/C31H38N6O2/c1-3-28(38)37-18-17-36(20-23(37)12-15-32)29-25-11-14-31(13-10-22-7-4-5-9-26(22)31)19-27(25)33-30(34-29)39-21-24-8-6-16-35(24)2/h3-5,7,9,23-24H,1,6,8,10-14,16-21H2,2H3/t23-,24?,31-/m0/s1. The van der Waals surface area contributed by atoms with Gasteiger partial charge < -0.3 is 19.4 Å². The highest BCUT2D eigenvalue weighted by molar-refractivity contribution is 5.87. The van der Waals surface area contributed by atoms with Gasteiger partial charge in [0.2, 0.25) is 5.91 Å². The van der Waals surface area contributed by atoms with Crippen LogP contribution in [0.15, 0.2) is 36.9 Å². The van der Waals surface area contributed by atoms with Crippen molar-refractivity contribution < 1.29 is 9.53 Å². The normalized spacial score (nSPS) is 26.3. The van der Waals surface area contributed by atoms with E-state index in [9.17, 15) is 10.1 Å². The van der Waals surface area contributed by atoms with Crippen LogP contribution in [0.25, 0.3) is 0 Å². The minimum atomic E-state index is -0.201. The molecule has 2 aliphatic carbocycles. The van der Waals surface area contributed by atoms with Crippen LogP contribution in [0.1, 0.15) is 54.5 Å². The number of ether oxygens (including phenoxy) is 1. The number of rotatable bonds is 6. The number of hydrogen-bond acceptors (Lipinski definition) is 7. The van der Waals surface area contributed by atoms with Crippen molar-refractivity contribution in [2.45, 2.75) is 68.9 Å². The van der Waals surface area contributed by atoms with Gasteiger partial charge in [-0.3, -0.25) is 4.79 Å². The summed E-state index contributed by atoms with van der Waals surface area (Å²) in [7, 11) is 2.15. The largest absolute Gasteiger partial charge is 0.462 e. The van der Waals surface area contributed by atoms with E-state index in [2.05, 4.69) is 53.8 Å². The molecule has 2 fully saturated rings. The topological polar surface area (TPSA) is 85.6 Å². The summed E-state index contributed by atoms with van der Waals surface area (Å²) in [6.07, 6.45) is 9.11. The van der Waals surface area contributed by atoms with E-state index in [1.807, 2.05) is 0 Å². The Labute approximate surface area is 231 Å². The Balaban J connectivity index is 1.33. The fourth-order valence-corrected chi connectivity index (χ4v) is 7.30. The Hall–Kier alpha value is -3.44. The molecule has 204 valence electrons. The molecule has 8 nitrogen and oxygen atoms in total. The van der Waals surface area contributed by atoms with E-state index in [0.717, 1.165) is 56.6 Å². The highest BCUT2D eigenvalue weighted by Gasteiger charge is 2.43. The third-order valence-electron chi connectivity index (χ3n) is 9.51. The van der Waals surface area contributed by atoms with Crippen LogP contribution in [0.3, 0.4) is 0 Å². The Morgan fingerprint density at radius 1 is 1.21 bits per heavy atom. The maximum atomic E-state index is 12.5. The number of carbonyl (C=O) groups excluding carboxylic acids is 1. The summed E-state index contributed by atoms with van der Waals surface area (Å²) in [6, 6.07) is 11.8. The number of fused-ring (bicyclic) bond motifs is 3. The molecule has 4 aliphatic rings. The molecule has 0 saturated carbocycles. The van der Waals surface area contributed by atoms with Crippen LogP contribution in [-0.2, 0) is 29.5 Å². The van der Waals surface area contributed by atoms with E-state index >= 15 is 0 Å². The second-order valence-electron chi connectivity index (χ2n) is 11.7. The molecule has 0 radical (unpaired) electrons. The second-order valence-corrected chi connectivity index (χ2v) is 11.7. The molecule has 1 unspecified atom stereocenters. The molecule has 6 rings (SSSR count). The molecule has 2 aromatic rings. The molecular formula is C31H38N6O2. The summed E-state index contributed by atoms with van der Waals surface area (Å²) < 4.78 is 6.31. The summed E-state index contributed by atoms with van der Waals surface area (Å²) in [5.74, 6) is 0.802. The lowest BCUT2D eigenvalue weighted by atomic mass is 9.69. The molecule has 0 N–H and O–H groups in total. The van der Waals surface area contributed by atoms with E-state index in [1.54, 1.807) is 4.90 Å². The fourth-order valence-electron chi connectivity index (χ4n) is 7.30. The van der Waals surface area contributed by atoms with Crippen molar-refractivity contribution in [2.24, 2.45) is 0 Å². The summed E-state index contributed by atoms with van der Waals surface area (Å²) in [5, 5.41) is 9.50. The van der Waals surface area contributed by atoms with Gasteiger partial charge in [-0.25, -0.2) is 0 Å². The maximum absolute atomic E-state index is 12.5. The summed E-state index contributed by atoms with van der Waals surface area (Å²) in [6.45, 7) is 7.10. The molecule has 3 heterocycles. The van der Waals surface area contributed by atoms with Crippen LogP contribution >= 0.6 is 0 Å². The predicted octanol–water partition coefficient (Wildman–Crippen LogP) is 3.44. The number of nitrogens with zero attached hydrogens (tertiary/aromatic N) is 6. The van der Waals surface area contributed by atoms with Gasteiger partial charge in [-0.2, -0.15) is 15.2 Å². The maximum Gasteiger partial charge on any atom is 0.318 e. The van der Waals surface area contributed by atoms with Crippen LogP contribution in [0.2, 0.25) is 0 Å². The zero-order chi connectivity index (χ0) is 27.0. The van der Waals surface area contributed by atoms with Crippen molar-refractivity contribution in [3.8, 4) is 12.1 Å². The number of benzene rings is 1. The Bertz CT molecular complexity index is 1300. The molecule has 39 heavy (non-hydrogen) atoms. The van der Waals surface area contributed by atoms with Crippen molar-refractivity contribution >= 4 is 11.7 Å². The van der Waals surface area contributed by atoms with E-state index in [1.165, 1.54) is 29.2 Å². The Morgan fingerprint density at radius 3 is 2.85 bits per heavy atom. The van der Waals surface area contributed by atoms with Crippen LogP contribution in [0, 0.1) is 11.3 Å². The van der Waals surface area contributed by atoms with Crippen molar-refractivity contribution in [2.75, 3.05) is 44.7 Å². The lowest BCUT2D eigenvalue weighted by molar-refractivity contribution is -0.128. The lowest BCUT2D eigenvalue weighted by Crippen LogP contribution is -2.55. The average Bonchev–Trinajstić information content (AvgIpc) is 3.54. The predicted molar refractivity (Wildman–Crippen MR) is 150 cm³/mol. The number of likely N-dealkylation sites (N-methyl/N-ethyl adjacent to an activating group) is 1. The Morgan fingerprint density at radius 2 is 2.05 bits per heavy atom. The van der Waals surface area contributed by atoms with Gasteiger partial charge in [0.05, 0.1) is 24.2 Å². The monoisotopic (exact) mass is 526 g/mol. The molecule has 3 atom stereocenters. The first-order valence-corrected chi connectivity index (χ1v) is 14.4. The van der Waals surface area contributed by atoms with Gasteiger partial charge in [-0.1, -0.05) is 30.8 Å². The molecule has 1 amide bonds. The van der Waals surface area contributed by atoms with Crippen LogP contribution in [-0.4, -0.2) is 77.6 Å². The first-order chi connectivity index (χ1) is 19.0. The third-order valence-corrected chi connectivity index (χ3v) is 9.51. The van der Waals surface area contributed by atoms with Crippen molar-refractivity contribution in [1.29, 1.82) is 5.26 Å². The molecule has 1 aromatic heterocycles. The van der Waals surface area contributed by atoms with Crippen LogP contribution in [0.4, 0.5) is 5.82 Å². The molecule has 8 heteroatoms. The minimum absolute atomic E-state index is 0.119. The molecule has 0 bridgehead atoms. The van der Waals surface area contributed by atoms with Crippen molar-refractivity contribution in [1.82, 2.24) is 19.8 Å². The first kappa shape index (κ1) is 25.8. The van der Waals surface area contributed by atoms with E-state index in [-0.39, 0.29) is 23.8 Å². The number of anilines is 1.